The fourth-order valence-electron chi connectivity index (χ4n) is 2.09. The molecule has 19 heavy (non-hydrogen) atoms. The topological polar surface area (TPSA) is 0 Å². The summed E-state index contributed by atoms with van der Waals surface area (Å²) in [5, 5.41) is 1.07. The molecule has 0 aromatic carbocycles. The van der Waals surface area contributed by atoms with Gasteiger partial charge in [-0.1, -0.05) is 64.2 Å². The van der Waals surface area contributed by atoms with E-state index in [1.807, 2.05) is 0 Å². The van der Waals surface area contributed by atoms with Crippen molar-refractivity contribution in [1.82, 2.24) is 0 Å². The van der Waals surface area contributed by atoms with Gasteiger partial charge in [-0.15, -0.1) is 0 Å². The van der Waals surface area contributed by atoms with E-state index in [1.54, 1.807) is 5.57 Å². The molecule has 0 saturated heterocycles. The number of allylic oxidation sites excluding steroid dienone is 6. The van der Waals surface area contributed by atoms with Crippen LogP contribution in [0.15, 0.2) is 34.9 Å². The van der Waals surface area contributed by atoms with Gasteiger partial charge in [-0.25, -0.2) is 0 Å². The number of rotatable bonds is 10. The first kappa shape index (κ1) is 18.7. The van der Waals surface area contributed by atoms with Crippen molar-refractivity contribution in [3.8, 4) is 0 Å². The highest BCUT2D eigenvalue weighted by Crippen LogP contribution is 2.13. The molecule has 0 saturated carbocycles. The zero-order chi connectivity index (χ0) is 14.5. The largest absolute Gasteiger partial charge is 0.0925 e. The van der Waals surface area contributed by atoms with E-state index in [0.717, 1.165) is 11.8 Å². The maximum Gasteiger partial charge on any atom is 0.00660 e. The van der Waals surface area contributed by atoms with Crippen LogP contribution in [-0.2, 0) is 0 Å². The molecule has 0 unspecified atom stereocenters. The third-order valence-corrected chi connectivity index (χ3v) is 3.77. The fraction of sp³-hybridized carbons (Fsp3) is 0.667. The van der Waals surface area contributed by atoms with E-state index in [2.05, 4.69) is 61.9 Å². The molecule has 0 radical (unpaired) electrons. The third kappa shape index (κ3) is 12.5. The average Bonchev–Trinajstić information content (AvgIpc) is 2.36. The summed E-state index contributed by atoms with van der Waals surface area (Å²) in [6, 6.07) is 0. The first-order valence-corrected chi connectivity index (χ1v) is 8.75. The van der Waals surface area contributed by atoms with Gasteiger partial charge >= 0.3 is 0 Å². The molecule has 0 nitrogen and oxygen atoms in total. The Morgan fingerprint density at radius 1 is 0.737 bits per heavy atom. The van der Waals surface area contributed by atoms with E-state index >= 15 is 0 Å². The second-order valence-electron chi connectivity index (χ2n) is 5.46. The van der Waals surface area contributed by atoms with Gasteiger partial charge in [-0.05, 0) is 59.3 Å². The van der Waals surface area contributed by atoms with Gasteiger partial charge in [0.2, 0.25) is 0 Å². The second kappa shape index (κ2) is 12.7. The monoisotopic (exact) mass is 326 g/mol. The summed E-state index contributed by atoms with van der Waals surface area (Å²) in [6.45, 7) is 9.00. The van der Waals surface area contributed by atoms with Crippen molar-refractivity contribution in [1.29, 1.82) is 0 Å². The van der Waals surface area contributed by atoms with Crippen LogP contribution in [0, 0.1) is 0 Å². The Bertz CT molecular complexity index is 308. The summed E-state index contributed by atoms with van der Waals surface area (Å²) in [5.41, 5.74) is 4.60. The predicted octanol–water partition coefficient (Wildman–Crippen LogP) is 6.97. The first-order chi connectivity index (χ1) is 9.10. The predicted molar refractivity (Wildman–Crippen MR) is 93.1 cm³/mol. The first-order valence-electron chi connectivity index (χ1n) is 7.63. The van der Waals surface area contributed by atoms with Crippen molar-refractivity contribution < 1.29 is 0 Å². The molecule has 0 N–H and O–H groups in total. The van der Waals surface area contributed by atoms with Crippen LogP contribution in [0.5, 0.6) is 0 Å². The molecular formula is C18H31Br. The van der Waals surface area contributed by atoms with Gasteiger partial charge in [0.15, 0.2) is 0 Å². The molecule has 0 spiro atoms. The highest BCUT2D eigenvalue weighted by atomic mass is 79.9. The quantitative estimate of drug-likeness (QED) is 0.300. The maximum absolute atomic E-state index is 3.46. The second-order valence-corrected chi connectivity index (χ2v) is 6.25. The van der Waals surface area contributed by atoms with Gasteiger partial charge in [0.05, 0.1) is 0 Å². The fourth-order valence-corrected chi connectivity index (χ4v) is 2.32. The minimum absolute atomic E-state index is 1.07. The molecule has 0 aliphatic rings. The van der Waals surface area contributed by atoms with Crippen LogP contribution >= 0.6 is 15.9 Å². The summed E-state index contributed by atoms with van der Waals surface area (Å²) in [5.74, 6) is 0. The number of hydrogen-bond donors (Lipinski definition) is 0. The van der Waals surface area contributed by atoms with E-state index in [-0.39, 0.29) is 0 Å². The van der Waals surface area contributed by atoms with Gasteiger partial charge in [-0.3, -0.25) is 0 Å². The van der Waals surface area contributed by atoms with Crippen molar-refractivity contribution in [2.75, 3.05) is 5.33 Å². The van der Waals surface area contributed by atoms with Gasteiger partial charge in [-0.2, -0.15) is 0 Å². The molecule has 0 fully saturated rings. The van der Waals surface area contributed by atoms with Crippen molar-refractivity contribution >= 4 is 15.9 Å². The molecule has 0 heterocycles. The Kier molecular flexibility index (Phi) is 12.5. The van der Waals surface area contributed by atoms with Crippen LogP contribution in [-0.4, -0.2) is 5.33 Å². The molecule has 110 valence electrons. The van der Waals surface area contributed by atoms with E-state index in [1.165, 1.54) is 49.7 Å². The Morgan fingerprint density at radius 2 is 1.16 bits per heavy atom. The van der Waals surface area contributed by atoms with Crippen LogP contribution in [0.3, 0.4) is 0 Å². The highest BCUT2D eigenvalue weighted by Gasteiger charge is 1.92. The SMILES string of the molecule is CCCC(C)=CCCC(C)=CCCC(C)=CCCBr. The lowest BCUT2D eigenvalue weighted by Gasteiger charge is -2.02. The maximum atomic E-state index is 3.46. The minimum atomic E-state index is 1.07. The number of alkyl halides is 1. The zero-order valence-corrected chi connectivity index (χ0v) is 14.9. The third-order valence-electron chi connectivity index (χ3n) is 3.31. The molecule has 0 amide bonds. The molecule has 0 aliphatic heterocycles. The molecule has 0 atom stereocenters. The lowest BCUT2D eigenvalue weighted by Crippen LogP contribution is -1.82. The lowest BCUT2D eigenvalue weighted by atomic mass is 10.0. The molecule has 0 aromatic rings. The van der Waals surface area contributed by atoms with Crippen LogP contribution in [0.4, 0.5) is 0 Å². The summed E-state index contributed by atoms with van der Waals surface area (Å²) < 4.78 is 0. The van der Waals surface area contributed by atoms with E-state index < -0.39 is 0 Å². The van der Waals surface area contributed by atoms with Crippen molar-refractivity contribution in [2.45, 2.75) is 72.6 Å². The summed E-state index contributed by atoms with van der Waals surface area (Å²) in [6.07, 6.45) is 15.6. The van der Waals surface area contributed by atoms with Gasteiger partial charge in [0.1, 0.15) is 0 Å². The Labute approximate surface area is 129 Å². The zero-order valence-electron chi connectivity index (χ0n) is 13.3. The van der Waals surface area contributed by atoms with Crippen molar-refractivity contribution in [2.24, 2.45) is 0 Å². The van der Waals surface area contributed by atoms with Gasteiger partial charge in [0, 0.05) is 5.33 Å². The van der Waals surface area contributed by atoms with E-state index in [9.17, 15) is 0 Å². The molecular weight excluding hydrogens is 296 g/mol. The standard InChI is InChI=1S/C18H31Br/c1-5-9-16(2)10-6-11-17(3)12-7-13-18(4)14-8-15-19/h10,12,14H,5-9,11,13,15H2,1-4H3. The number of halogens is 1. The lowest BCUT2D eigenvalue weighted by molar-refractivity contribution is 0.875. The normalized spacial score (nSPS) is 14.1. The van der Waals surface area contributed by atoms with Crippen molar-refractivity contribution in [3.05, 3.63) is 34.9 Å². The summed E-state index contributed by atoms with van der Waals surface area (Å²) in [7, 11) is 0. The average molecular weight is 327 g/mol. The number of hydrogen-bond acceptors (Lipinski definition) is 0. The van der Waals surface area contributed by atoms with Crippen LogP contribution < -0.4 is 0 Å². The molecule has 0 aromatic heterocycles. The summed E-state index contributed by atoms with van der Waals surface area (Å²) >= 11 is 3.46. The highest BCUT2D eigenvalue weighted by molar-refractivity contribution is 9.09. The summed E-state index contributed by atoms with van der Waals surface area (Å²) in [4.78, 5) is 0. The Morgan fingerprint density at radius 3 is 1.58 bits per heavy atom. The van der Waals surface area contributed by atoms with E-state index in [4.69, 9.17) is 0 Å². The van der Waals surface area contributed by atoms with Crippen molar-refractivity contribution in [3.63, 3.8) is 0 Å². The van der Waals surface area contributed by atoms with Crippen LogP contribution in [0.1, 0.15) is 72.6 Å². The smallest absolute Gasteiger partial charge is 0.00660 e. The van der Waals surface area contributed by atoms with Crippen LogP contribution in [0.25, 0.3) is 0 Å². The van der Waals surface area contributed by atoms with E-state index in [0.29, 0.717) is 0 Å². The van der Waals surface area contributed by atoms with Gasteiger partial charge in [0.25, 0.3) is 0 Å². The molecule has 1 heteroatoms. The molecule has 0 rings (SSSR count). The Hall–Kier alpha value is -0.300. The molecule has 0 bridgehead atoms. The Balaban J connectivity index is 3.86. The van der Waals surface area contributed by atoms with Gasteiger partial charge < -0.3 is 0 Å². The molecule has 0 aliphatic carbocycles. The minimum Gasteiger partial charge on any atom is -0.0925 e. The van der Waals surface area contributed by atoms with Crippen LogP contribution in [0.2, 0.25) is 0 Å².